The number of aryl methyl sites for hydroxylation is 2. The van der Waals surface area contributed by atoms with Gasteiger partial charge in [-0.1, -0.05) is 54.1 Å². The fourth-order valence-corrected chi connectivity index (χ4v) is 6.71. The van der Waals surface area contributed by atoms with Crippen molar-refractivity contribution in [2.24, 2.45) is 0 Å². The van der Waals surface area contributed by atoms with Crippen molar-refractivity contribution in [3.63, 3.8) is 0 Å². The fourth-order valence-electron chi connectivity index (χ4n) is 5.52. The molecule has 1 aliphatic carbocycles. The summed E-state index contributed by atoms with van der Waals surface area (Å²) >= 11 is 1.54. The Morgan fingerprint density at radius 2 is 1.83 bits per heavy atom. The summed E-state index contributed by atoms with van der Waals surface area (Å²) in [5, 5.41) is 8.02. The van der Waals surface area contributed by atoms with Crippen molar-refractivity contribution in [3.05, 3.63) is 89.0 Å². The van der Waals surface area contributed by atoms with E-state index in [-0.39, 0.29) is 42.2 Å². The second-order valence-electron chi connectivity index (χ2n) is 10.8. The van der Waals surface area contributed by atoms with E-state index in [1.54, 1.807) is 16.7 Å². The van der Waals surface area contributed by atoms with Crippen LogP contribution in [0.5, 0.6) is 11.5 Å². The summed E-state index contributed by atoms with van der Waals surface area (Å²) in [5.74, 6) is 1.94. The SMILES string of the molecule is Cc1ccc(-n2nc(-c3ccccc3)c3c2N(CC(=O)NC2CC2)C(=O)CS[C@@H]3c2ccc3c(c2)OCO3)c(C)c1. The third-order valence-corrected chi connectivity index (χ3v) is 8.92. The molecule has 1 N–H and O–H groups in total. The molecule has 8 nitrogen and oxygen atoms in total. The maximum absolute atomic E-state index is 13.9. The molecular weight excluding hydrogens is 536 g/mol. The van der Waals surface area contributed by atoms with E-state index in [9.17, 15) is 9.59 Å². The zero-order chi connectivity index (χ0) is 28.1. The summed E-state index contributed by atoms with van der Waals surface area (Å²) in [5.41, 5.74) is 6.62. The highest BCUT2D eigenvalue weighted by atomic mass is 32.2. The molecule has 41 heavy (non-hydrogen) atoms. The first kappa shape index (κ1) is 25.7. The molecule has 7 rings (SSSR count). The molecule has 1 fully saturated rings. The van der Waals surface area contributed by atoms with Gasteiger partial charge in [-0.3, -0.25) is 14.5 Å². The monoisotopic (exact) mass is 566 g/mol. The minimum atomic E-state index is -0.241. The van der Waals surface area contributed by atoms with Gasteiger partial charge in [0.15, 0.2) is 11.5 Å². The van der Waals surface area contributed by atoms with Gasteiger partial charge < -0.3 is 14.8 Å². The number of fused-ring (bicyclic) bond motifs is 2. The predicted octanol–water partition coefficient (Wildman–Crippen LogP) is 5.33. The van der Waals surface area contributed by atoms with Crippen LogP contribution < -0.4 is 19.7 Å². The number of rotatable bonds is 6. The van der Waals surface area contributed by atoms with E-state index in [4.69, 9.17) is 14.6 Å². The van der Waals surface area contributed by atoms with E-state index in [1.165, 1.54) is 0 Å². The molecule has 0 bridgehead atoms. The molecule has 2 aliphatic heterocycles. The molecule has 0 unspecified atom stereocenters. The maximum atomic E-state index is 13.9. The molecule has 0 saturated heterocycles. The van der Waals surface area contributed by atoms with E-state index in [1.807, 2.05) is 72.3 Å². The molecule has 3 aliphatic rings. The lowest BCUT2D eigenvalue weighted by atomic mass is 9.99. The number of ether oxygens (including phenoxy) is 2. The van der Waals surface area contributed by atoms with Crippen LogP contribution in [0.25, 0.3) is 16.9 Å². The van der Waals surface area contributed by atoms with Crippen molar-refractivity contribution in [2.45, 2.75) is 38.0 Å². The molecule has 208 valence electrons. The van der Waals surface area contributed by atoms with E-state index < -0.39 is 0 Å². The van der Waals surface area contributed by atoms with Crippen LogP contribution in [-0.2, 0) is 9.59 Å². The van der Waals surface area contributed by atoms with Crippen molar-refractivity contribution in [1.82, 2.24) is 15.1 Å². The molecule has 1 atom stereocenters. The van der Waals surface area contributed by atoms with Crippen LogP contribution in [0.15, 0.2) is 66.7 Å². The van der Waals surface area contributed by atoms with Crippen LogP contribution in [0.2, 0.25) is 0 Å². The lowest BCUT2D eigenvalue weighted by molar-refractivity contribution is -0.123. The summed E-state index contributed by atoms with van der Waals surface area (Å²) in [6.07, 6.45) is 1.96. The Labute approximate surface area is 242 Å². The van der Waals surface area contributed by atoms with Gasteiger partial charge in [-0.25, -0.2) is 4.68 Å². The second kappa shape index (κ2) is 10.3. The Morgan fingerprint density at radius 1 is 1.02 bits per heavy atom. The zero-order valence-corrected chi connectivity index (χ0v) is 23.7. The second-order valence-corrected chi connectivity index (χ2v) is 11.9. The topological polar surface area (TPSA) is 85.7 Å². The number of aromatic nitrogens is 2. The molecule has 3 heterocycles. The molecular formula is C32H30N4O4S. The number of nitrogens with one attached hydrogen (secondary N) is 1. The molecule has 3 aromatic carbocycles. The number of carbonyl (C=O) groups excluding carboxylic acids is 2. The number of nitrogens with zero attached hydrogens (tertiary/aromatic N) is 3. The van der Waals surface area contributed by atoms with E-state index in [0.717, 1.165) is 52.0 Å². The lowest BCUT2D eigenvalue weighted by Gasteiger charge is -2.24. The first-order chi connectivity index (χ1) is 20.0. The molecule has 2 amide bonds. The van der Waals surface area contributed by atoms with Gasteiger partial charge in [-0.05, 0) is 56.0 Å². The molecule has 9 heteroatoms. The number of hydrogen-bond donors (Lipinski definition) is 1. The van der Waals surface area contributed by atoms with Gasteiger partial charge in [0.1, 0.15) is 12.4 Å². The average molecular weight is 567 g/mol. The van der Waals surface area contributed by atoms with Crippen LogP contribution >= 0.6 is 11.8 Å². The number of thioether (sulfide) groups is 1. The zero-order valence-electron chi connectivity index (χ0n) is 22.9. The van der Waals surface area contributed by atoms with E-state index >= 15 is 0 Å². The minimum Gasteiger partial charge on any atom is -0.454 e. The van der Waals surface area contributed by atoms with Gasteiger partial charge in [0, 0.05) is 17.2 Å². The van der Waals surface area contributed by atoms with Gasteiger partial charge in [-0.15, -0.1) is 11.8 Å². The third kappa shape index (κ3) is 4.84. The van der Waals surface area contributed by atoms with Crippen LogP contribution in [0.3, 0.4) is 0 Å². The van der Waals surface area contributed by atoms with Crippen molar-refractivity contribution in [3.8, 4) is 28.4 Å². The average Bonchev–Trinajstić information content (AvgIpc) is 3.55. The number of carbonyl (C=O) groups is 2. The highest BCUT2D eigenvalue weighted by molar-refractivity contribution is 8.00. The first-order valence-corrected chi connectivity index (χ1v) is 14.9. The highest BCUT2D eigenvalue weighted by Gasteiger charge is 2.39. The van der Waals surface area contributed by atoms with Crippen LogP contribution in [-0.4, -0.2) is 46.7 Å². The third-order valence-electron chi connectivity index (χ3n) is 7.66. The summed E-state index contributed by atoms with van der Waals surface area (Å²) in [7, 11) is 0. The smallest absolute Gasteiger partial charge is 0.240 e. The largest absolute Gasteiger partial charge is 0.454 e. The first-order valence-electron chi connectivity index (χ1n) is 13.8. The standard InChI is InChI=1S/C32H30N4O4S/c1-19-8-12-24(20(2)14-19)36-32-29(30(34-36)21-6-4-3-5-7-21)31(22-9-13-25-26(15-22)40-18-39-25)41-17-28(38)35(32)16-27(37)33-23-10-11-23/h3-9,12-15,23,31H,10-11,16-18H2,1-2H3,(H,33,37)/t31-/m1/s1. The van der Waals surface area contributed by atoms with Crippen LogP contribution in [0.1, 0.15) is 40.3 Å². The molecule has 4 aromatic rings. The van der Waals surface area contributed by atoms with Crippen molar-refractivity contribution in [2.75, 3.05) is 24.0 Å². The summed E-state index contributed by atoms with van der Waals surface area (Å²) < 4.78 is 13.2. The maximum Gasteiger partial charge on any atom is 0.240 e. The van der Waals surface area contributed by atoms with Gasteiger partial charge in [0.05, 0.1) is 22.4 Å². The lowest BCUT2D eigenvalue weighted by Crippen LogP contribution is -2.43. The molecule has 1 saturated carbocycles. The Kier molecular flexibility index (Phi) is 6.46. The number of hydrogen-bond acceptors (Lipinski definition) is 6. The minimum absolute atomic E-state index is 0.0679. The summed E-state index contributed by atoms with van der Waals surface area (Å²) in [6, 6.07) is 22.4. The number of benzene rings is 3. The van der Waals surface area contributed by atoms with E-state index in [2.05, 4.69) is 18.3 Å². The van der Waals surface area contributed by atoms with Gasteiger partial charge in [0.2, 0.25) is 18.6 Å². The Balaban J connectivity index is 1.47. The fraction of sp³-hybridized carbons (Fsp3) is 0.281. The normalized spacial score (nSPS) is 17.8. The summed E-state index contributed by atoms with van der Waals surface area (Å²) in [4.78, 5) is 28.7. The Hall–Kier alpha value is -4.24. The van der Waals surface area contributed by atoms with Crippen molar-refractivity contribution >= 4 is 29.4 Å². The van der Waals surface area contributed by atoms with Gasteiger partial charge >= 0.3 is 0 Å². The van der Waals surface area contributed by atoms with Crippen LogP contribution in [0, 0.1) is 13.8 Å². The number of amides is 2. The Morgan fingerprint density at radius 3 is 2.61 bits per heavy atom. The summed E-state index contributed by atoms with van der Waals surface area (Å²) in [6.45, 7) is 4.22. The van der Waals surface area contributed by atoms with Crippen LogP contribution in [0.4, 0.5) is 5.82 Å². The molecule has 0 spiro atoms. The van der Waals surface area contributed by atoms with E-state index in [0.29, 0.717) is 17.3 Å². The predicted molar refractivity (Wildman–Crippen MR) is 159 cm³/mol. The number of anilines is 1. The Bertz CT molecular complexity index is 1660. The van der Waals surface area contributed by atoms with Gasteiger partial charge in [0.25, 0.3) is 0 Å². The van der Waals surface area contributed by atoms with Crippen molar-refractivity contribution < 1.29 is 19.1 Å². The van der Waals surface area contributed by atoms with Gasteiger partial charge in [-0.2, -0.15) is 5.10 Å². The molecule has 0 radical (unpaired) electrons. The van der Waals surface area contributed by atoms with Crippen molar-refractivity contribution in [1.29, 1.82) is 0 Å². The quantitative estimate of drug-likeness (QED) is 0.340. The highest BCUT2D eigenvalue weighted by Crippen LogP contribution is 2.50. The molecule has 1 aromatic heterocycles.